The molecular weight excluding hydrogens is 256 g/mol. The van der Waals surface area contributed by atoms with Gasteiger partial charge >= 0.3 is 0 Å². The monoisotopic (exact) mass is 282 g/mol. The lowest BCUT2D eigenvalue weighted by Gasteiger charge is -2.45. The first-order valence-electron chi connectivity index (χ1n) is 7.52. The van der Waals surface area contributed by atoms with Gasteiger partial charge < -0.3 is 9.84 Å². The summed E-state index contributed by atoms with van der Waals surface area (Å²) in [5.74, 6) is 0. The van der Waals surface area contributed by atoms with Gasteiger partial charge in [-0.2, -0.15) is 0 Å². The van der Waals surface area contributed by atoms with Crippen LogP contribution in [0.4, 0.5) is 0 Å². The van der Waals surface area contributed by atoms with E-state index in [2.05, 4.69) is 36.0 Å². The van der Waals surface area contributed by atoms with Gasteiger partial charge in [0.05, 0.1) is 25.1 Å². The quantitative estimate of drug-likeness (QED) is 0.850. The van der Waals surface area contributed by atoms with E-state index in [0.29, 0.717) is 0 Å². The van der Waals surface area contributed by atoms with Crippen molar-refractivity contribution in [2.45, 2.75) is 51.8 Å². The Morgan fingerprint density at radius 3 is 2.70 bits per heavy atom. The lowest BCUT2D eigenvalue weighted by Crippen LogP contribution is -2.55. The minimum absolute atomic E-state index is 0.309. The van der Waals surface area contributed by atoms with Crippen molar-refractivity contribution in [1.29, 1.82) is 0 Å². The van der Waals surface area contributed by atoms with Gasteiger partial charge in [0.25, 0.3) is 0 Å². The molecule has 0 radical (unpaired) electrons. The maximum absolute atomic E-state index is 10.9. The fourth-order valence-electron chi connectivity index (χ4n) is 2.85. The number of aromatic nitrogens is 3. The van der Waals surface area contributed by atoms with Crippen molar-refractivity contribution >= 4 is 0 Å². The van der Waals surface area contributed by atoms with E-state index in [-0.39, 0.29) is 5.54 Å². The van der Waals surface area contributed by atoms with Gasteiger partial charge in [-0.15, -0.1) is 5.10 Å². The van der Waals surface area contributed by atoms with Crippen LogP contribution in [0.5, 0.6) is 0 Å². The molecule has 114 valence electrons. The molecule has 1 fully saturated rings. The van der Waals surface area contributed by atoms with Crippen LogP contribution in [0.3, 0.4) is 0 Å². The second-order valence-corrected chi connectivity index (χ2v) is 5.59. The van der Waals surface area contributed by atoms with Gasteiger partial charge in [-0.3, -0.25) is 4.90 Å². The third-order valence-corrected chi connectivity index (χ3v) is 4.40. The molecule has 0 aliphatic carbocycles. The van der Waals surface area contributed by atoms with Crippen LogP contribution in [0.15, 0.2) is 6.20 Å². The number of ether oxygens (including phenoxy) is 1. The molecule has 0 amide bonds. The Labute approximate surface area is 120 Å². The SMILES string of the molecule is CCCn1nncc1C(O)C(C)(CC)N1CCOCC1. The number of aryl methyl sites for hydroxylation is 1. The van der Waals surface area contributed by atoms with Gasteiger partial charge in [-0.05, 0) is 19.8 Å². The summed E-state index contributed by atoms with van der Waals surface area (Å²) in [6.45, 7) is 10.3. The number of aliphatic hydroxyl groups excluding tert-OH is 1. The molecule has 0 spiro atoms. The summed E-state index contributed by atoms with van der Waals surface area (Å²) in [5.41, 5.74) is 0.500. The molecule has 2 rings (SSSR count). The number of morpholine rings is 1. The van der Waals surface area contributed by atoms with Crippen molar-refractivity contribution in [2.24, 2.45) is 0 Å². The first kappa shape index (κ1) is 15.4. The largest absolute Gasteiger partial charge is 0.385 e. The van der Waals surface area contributed by atoms with Gasteiger partial charge in [0.2, 0.25) is 0 Å². The number of nitrogens with zero attached hydrogens (tertiary/aromatic N) is 4. The molecule has 1 N–H and O–H groups in total. The zero-order valence-electron chi connectivity index (χ0n) is 12.7. The highest BCUT2D eigenvalue weighted by Gasteiger charge is 2.40. The molecule has 2 heterocycles. The lowest BCUT2D eigenvalue weighted by molar-refractivity contribution is -0.0759. The summed E-state index contributed by atoms with van der Waals surface area (Å²) in [6.07, 6.45) is 2.94. The Morgan fingerprint density at radius 2 is 2.10 bits per heavy atom. The summed E-state index contributed by atoms with van der Waals surface area (Å²) in [7, 11) is 0. The van der Waals surface area contributed by atoms with Crippen molar-refractivity contribution in [3.8, 4) is 0 Å². The van der Waals surface area contributed by atoms with Crippen LogP contribution in [0.1, 0.15) is 45.4 Å². The van der Waals surface area contributed by atoms with Crippen molar-refractivity contribution < 1.29 is 9.84 Å². The first-order chi connectivity index (χ1) is 9.63. The molecule has 0 saturated carbocycles. The van der Waals surface area contributed by atoms with Crippen LogP contribution in [0.2, 0.25) is 0 Å². The molecule has 1 aromatic rings. The van der Waals surface area contributed by atoms with Crippen molar-refractivity contribution in [2.75, 3.05) is 26.3 Å². The Balaban J connectivity index is 2.22. The number of rotatable bonds is 6. The highest BCUT2D eigenvalue weighted by molar-refractivity contribution is 5.09. The predicted octanol–water partition coefficient (Wildman–Crippen LogP) is 1.22. The van der Waals surface area contributed by atoms with Crippen molar-refractivity contribution in [3.63, 3.8) is 0 Å². The normalized spacial score (nSPS) is 21.6. The van der Waals surface area contributed by atoms with Gasteiger partial charge in [0, 0.05) is 25.2 Å². The molecule has 0 bridgehead atoms. The standard InChI is InChI=1S/C14H26N4O2/c1-4-6-18-12(11-15-16-18)13(19)14(3,5-2)17-7-9-20-10-8-17/h11,13,19H,4-10H2,1-3H3. The van der Waals surface area contributed by atoms with Crippen LogP contribution in [0, 0.1) is 0 Å². The van der Waals surface area contributed by atoms with Crippen LogP contribution in [-0.2, 0) is 11.3 Å². The minimum atomic E-state index is -0.591. The topological polar surface area (TPSA) is 63.4 Å². The predicted molar refractivity (Wildman–Crippen MR) is 76.4 cm³/mol. The maximum atomic E-state index is 10.9. The molecule has 0 aromatic carbocycles. The maximum Gasteiger partial charge on any atom is 0.115 e. The number of hydrogen-bond donors (Lipinski definition) is 1. The van der Waals surface area contributed by atoms with E-state index >= 15 is 0 Å². The molecule has 1 saturated heterocycles. The second kappa shape index (κ2) is 6.65. The molecule has 2 atom stereocenters. The zero-order valence-corrected chi connectivity index (χ0v) is 12.7. The molecule has 1 aliphatic rings. The van der Waals surface area contributed by atoms with Crippen LogP contribution < -0.4 is 0 Å². The van der Waals surface area contributed by atoms with E-state index in [9.17, 15) is 5.11 Å². The van der Waals surface area contributed by atoms with E-state index in [0.717, 1.165) is 51.4 Å². The Hall–Kier alpha value is -0.980. The molecule has 6 heteroatoms. The average molecular weight is 282 g/mol. The van der Waals surface area contributed by atoms with E-state index < -0.39 is 6.10 Å². The average Bonchev–Trinajstić information content (AvgIpc) is 2.95. The Kier molecular flexibility index (Phi) is 5.12. The third kappa shape index (κ3) is 2.87. The van der Waals surface area contributed by atoms with Crippen LogP contribution >= 0.6 is 0 Å². The summed E-state index contributed by atoms with van der Waals surface area (Å²) in [4.78, 5) is 2.32. The van der Waals surface area contributed by atoms with Crippen molar-refractivity contribution in [1.82, 2.24) is 19.9 Å². The van der Waals surface area contributed by atoms with Gasteiger partial charge in [0.1, 0.15) is 6.10 Å². The van der Waals surface area contributed by atoms with Crippen molar-refractivity contribution in [3.05, 3.63) is 11.9 Å². The smallest absolute Gasteiger partial charge is 0.115 e. The fraction of sp³-hybridized carbons (Fsp3) is 0.857. The zero-order chi connectivity index (χ0) is 14.6. The number of aliphatic hydroxyl groups is 1. The van der Waals surface area contributed by atoms with Gasteiger partial charge in [-0.25, -0.2) is 4.68 Å². The van der Waals surface area contributed by atoms with Crippen LogP contribution in [0.25, 0.3) is 0 Å². The Morgan fingerprint density at radius 1 is 1.40 bits per heavy atom. The molecule has 1 aromatic heterocycles. The summed E-state index contributed by atoms with van der Waals surface area (Å²) in [5, 5.41) is 19.0. The van der Waals surface area contributed by atoms with E-state index in [1.54, 1.807) is 6.20 Å². The third-order valence-electron chi connectivity index (χ3n) is 4.40. The molecule has 1 aliphatic heterocycles. The lowest BCUT2D eigenvalue weighted by atomic mass is 9.87. The van der Waals surface area contributed by atoms with Gasteiger partial charge in [-0.1, -0.05) is 19.1 Å². The fourth-order valence-corrected chi connectivity index (χ4v) is 2.85. The molecule has 20 heavy (non-hydrogen) atoms. The highest BCUT2D eigenvalue weighted by atomic mass is 16.5. The summed E-state index contributed by atoms with van der Waals surface area (Å²) >= 11 is 0. The van der Waals surface area contributed by atoms with E-state index in [4.69, 9.17) is 4.74 Å². The van der Waals surface area contributed by atoms with E-state index in [1.807, 2.05) is 4.68 Å². The highest BCUT2D eigenvalue weighted by Crippen LogP contribution is 2.34. The van der Waals surface area contributed by atoms with Crippen LogP contribution in [-0.4, -0.2) is 56.8 Å². The number of hydrogen-bond acceptors (Lipinski definition) is 5. The second-order valence-electron chi connectivity index (χ2n) is 5.59. The first-order valence-corrected chi connectivity index (χ1v) is 7.52. The molecule has 2 unspecified atom stereocenters. The van der Waals surface area contributed by atoms with E-state index in [1.165, 1.54) is 0 Å². The Bertz CT molecular complexity index is 417. The van der Waals surface area contributed by atoms with Gasteiger partial charge in [0.15, 0.2) is 0 Å². The molecule has 6 nitrogen and oxygen atoms in total. The minimum Gasteiger partial charge on any atom is -0.385 e. The summed E-state index contributed by atoms with van der Waals surface area (Å²) < 4.78 is 7.24. The molecular formula is C14H26N4O2. The summed E-state index contributed by atoms with van der Waals surface area (Å²) in [6, 6.07) is 0.